The van der Waals surface area contributed by atoms with Crippen molar-refractivity contribution in [2.75, 3.05) is 6.54 Å². The van der Waals surface area contributed by atoms with Gasteiger partial charge in [-0.1, -0.05) is 26.8 Å². The van der Waals surface area contributed by atoms with Crippen LogP contribution in [-0.2, 0) is 18.5 Å². The van der Waals surface area contributed by atoms with Gasteiger partial charge in [0.2, 0.25) is 0 Å². The van der Waals surface area contributed by atoms with Gasteiger partial charge in [-0.15, -0.1) is 11.3 Å². The quantitative estimate of drug-likeness (QED) is 0.808. The largest absolute Gasteiger partial charge is 0.354 e. The van der Waals surface area contributed by atoms with Crippen molar-refractivity contribution < 1.29 is 0 Å². The first-order chi connectivity index (χ1) is 9.12. The lowest BCUT2D eigenvalue weighted by molar-refractivity contribution is 0.476. The van der Waals surface area contributed by atoms with Crippen molar-refractivity contribution in [3.63, 3.8) is 0 Å². The van der Waals surface area contributed by atoms with E-state index in [0.29, 0.717) is 0 Å². The standard InChI is InChI=1S/C16H24N2S/c1-4-8-18-9-7-14(12-18)11-17-13-16(2,3)15-6-5-10-19-15/h5-7,9-10,12,17H,4,8,11,13H2,1-3H3. The van der Waals surface area contributed by atoms with Crippen LogP contribution in [0, 0.1) is 0 Å². The summed E-state index contributed by atoms with van der Waals surface area (Å²) in [6, 6.07) is 6.57. The van der Waals surface area contributed by atoms with Crippen LogP contribution in [0.5, 0.6) is 0 Å². The van der Waals surface area contributed by atoms with Gasteiger partial charge in [0.05, 0.1) is 0 Å². The lowest BCUT2D eigenvalue weighted by Crippen LogP contribution is -2.31. The molecule has 0 aliphatic carbocycles. The molecule has 2 aromatic heterocycles. The maximum atomic E-state index is 3.58. The van der Waals surface area contributed by atoms with Crippen molar-refractivity contribution in [3.8, 4) is 0 Å². The van der Waals surface area contributed by atoms with Crippen molar-refractivity contribution in [1.82, 2.24) is 9.88 Å². The molecule has 0 aliphatic heterocycles. The molecule has 2 heterocycles. The Labute approximate surface area is 120 Å². The van der Waals surface area contributed by atoms with Gasteiger partial charge in [0, 0.05) is 42.3 Å². The average molecular weight is 276 g/mol. The number of nitrogens with zero attached hydrogens (tertiary/aromatic N) is 1. The highest BCUT2D eigenvalue weighted by molar-refractivity contribution is 7.10. The molecule has 2 aromatic rings. The second kappa shape index (κ2) is 6.40. The van der Waals surface area contributed by atoms with Gasteiger partial charge in [-0.25, -0.2) is 0 Å². The van der Waals surface area contributed by atoms with Crippen LogP contribution in [0.2, 0.25) is 0 Å². The Hall–Kier alpha value is -1.06. The molecule has 0 atom stereocenters. The third kappa shape index (κ3) is 3.95. The maximum absolute atomic E-state index is 3.58. The summed E-state index contributed by atoms with van der Waals surface area (Å²) in [5.74, 6) is 0. The highest BCUT2D eigenvalue weighted by atomic mass is 32.1. The lowest BCUT2D eigenvalue weighted by Gasteiger charge is -2.23. The van der Waals surface area contributed by atoms with E-state index in [4.69, 9.17) is 0 Å². The summed E-state index contributed by atoms with van der Waals surface area (Å²) in [6.07, 6.45) is 5.60. The molecule has 0 radical (unpaired) electrons. The van der Waals surface area contributed by atoms with E-state index in [0.717, 1.165) is 19.6 Å². The summed E-state index contributed by atoms with van der Waals surface area (Å²) in [5.41, 5.74) is 1.58. The molecule has 2 rings (SSSR count). The van der Waals surface area contributed by atoms with E-state index in [1.807, 2.05) is 11.3 Å². The number of hydrogen-bond acceptors (Lipinski definition) is 2. The lowest BCUT2D eigenvalue weighted by atomic mass is 9.91. The van der Waals surface area contributed by atoms with E-state index < -0.39 is 0 Å². The average Bonchev–Trinajstić information content (AvgIpc) is 3.00. The molecule has 19 heavy (non-hydrogen) atoms. The summed E-state index contributed by atoms with van der Waals surface area (Å²) in [6.45, 7) is 9.88. The molecule has 0 unspecified atom stereocenters. The first-order valence-electron chi connectivity index (χ1n) is 7.01. The van der Waals surface area contributed by atoms with Crippen LogP contribution >= 0.6 is 11.3 Å². The van der Waals surface area contributed by atoms with Crippen LogP contribution in [0.25, 0.3) is 0 Å². The van der Waals surface area contributed by atoms with Crippen molar-refractivity contribution in [1.29, 1.82) is 0 Å². The molecule has 0 bridgehead atoms. The molecule has 0 fully saturated rings. The third-order valence-corrected chi connectivity index (χ3v) is 4.61. The van der Waals surface area contributed by atoms with Gasteiger partial charge >= 0.3 is 0 Å². The van der Waals surface area contributed by atoms with E-state index in [1.165, 1.54) is 16.9 Å². The fourth-order valence-electron chi connectivity index (χ4n) is 2.26. The summed E-state index contributed by atoms with van der Waals surface area (Å²) < 4.78 is 2.27. The molecule has 104 valence electrons. The van der Waals surface area contributed by atoms with Crippen molar-refractivity contribution in [2.45, 2.75) is 45.7 Å². The zero-order valence-electron chi connectivity index (χ0n) is 12.1. The van der Waals surface area contributed by atoms with Gasteiger partial charge in [0.1, 0.15) is 0 Å². The molecule has 0 saturated carbocycles. The number of nitrogens with one attached hydrogen (secondary N) is 1. The molecule has 1 N–H and O–H groups in total. The summed E-state index contributed by atoms with van der Waals surface area (Å²) in [5, 5.41) is 5.73. The van der Waals surface area contributed by atoms with E-state index in [2.05, 4.69) is 66.6 Å². The van der Waals surface area contributed by atoms with Crippen LogP contribution in [0.1, 0.15) is 37.6 Å². The van der Waals surface area contributed by atoms with Gasteiger partial charge in [0.15, 0.2) is 0 Å². The van der Waals surface area contributed by atoms with E-state index in [9.17, 15) is 0 Å². The van der Waals surface area contributed by atoms with E-state index in [1.54, 1.807) is 0 Å². The number of aryl methyl sites for hydroxylation is 1. The molecule has 0 aromatic carbocycles. The van der Waals surface area contributed by atoms with Gasteiger partial charge in [-0.05, 0) is 29.5 Å². The minimum absolute atomic E-state index is 0.208. The first-order valence-corrected chi connectivity index (χ1v) is 7.89. The summed E-state index contributed by atoms with van der Waals surface area (Å²) in [7, 11) is 0. The zero-order chi connectivity index (χ0) is 13.7. The molecule has 2 nitrogen and oxygen atoms in total. The number of hydrogen-bond donors (Lipinski definition) is 1. The van der Waals surface area contributed by atoms with Gasteiger partial charge in [-0.2, -0.15) is 0 Å². The topological polar surface area (TPSA) is 17.0 Å². The Morgan fingerprint density at radius 1 is 1.32 bits per heavy atom. The smallest absolute Gasteiger partial charge is 0.0220 e. The third-order valence-electron chi connectivity index (χ3n) is 3.38. The first kappa shape index (κ1) is 14.4. The molecule has 0 spiro atoms. The Morgan fingerprint density at radius 2 is 2.16 bits per heavy atom. The minimum atomic E-state index is 0.208. The molecule has 3 heteroatoms. The van der Waals surface area contributed by atoms with Crippen LogP contribution in [-0.4, -0.2) is 11.1 Å². The monoisotopic (exact) mass is 276 g/mol. The predicted octanol–water partition coefficient (Wildman–Crippen LogP) is 4.03. The summed E-state index contributed by atoms with van der Waals surface area (Å²) >= 11 is 1.84. The van der Waals surface area contributed by atoms with Gasteiger partial charge < -0.3 is 9.88 Å². The van der Waals surface area contributed by atoms with Crippen LogP contribution in [0.15, 0.2) is 36.0 Å². The highest BCUT2D eigenvalue weighted by Crippen LogP contribution is 2.26. The number of rotatable bonds is 7. The Bertz CT molecular complexity index is 483. The Balaban J connectivity index is 1.82. The maximum Gasteiger partial charge on any atom is 0.0220 e. The zero-order valence-corrected chi connectivity index (χ0v) is 13.0. The van der Waals surface area contributed by atoms with Crippen molar-refractivity contribution in [2.24, 2.45) is 0 Å². The highest BCUT2D eigenvalue weighted by Gasteiger charge is 2.20. The van der Waals surface area contributed by atoms with Gasteiger partial charge in [0.25, 0.3) is 0 Å². The van der Waals surface area contributed by atoms with Crippen molar-refractivity contribution in [3.05, 3.63) is 46.4 Å². The van der Waals surface area contributed by atoms with Crippen LogP contribution in [0.4, 0.5) is 0 Å². The fourth-order valence-corrected chi connectivity index (χ4v) is 3.11. The number of aromatic nitrogens is 1. The normalized spacial score (nSPS) is 11.9. The van der Waals surface area contributed by atoms with Crippen molar-refractivity contribution >= 4 is 11.3 Å². The second-order valence-corrected chi connectivity index (χ2v) is 6.67. The molecular weight excluding hydrogens is 252 g/mol. The molecule has 0 amide bonds. The van der Waals surface area contributed by atoms with Crippen LogP contribution in [0.3, 0.4) is 0 Å². The summed E-state index contributed by atoms with van der Waals surface area (Å²) in [4.78, 5) is 1.45. The SMILES string of the molecule is CCCn1ccc(CNCC(C)(C)c2cccs2)c1. The van der Waals surface area contributed by atoms with E-state index in [-0.39, 0.29) is 5.41 Å². The predicted molar refractivity (Wildman–Crippen MR) is 83.8 cm³/mol. The number of thiophene rings is 1. The molecule has 0 aliphatic rings. The fraction of sp³-hybridized carbons (Fsp3) is 0.500. The minimum Gasteiger partial charge on any atom is -0.354 e. The molecular formula is C16H24N2S. The van der Waals surface area contributed by atoms with Gasteiger partial charge in [-0.3, -0.25) is 0 Å². The second-order valence-electron chi connectivity index (χ2n) is 5.72. The van der Waals surface area contributed by atoms with E-state index >= 15 is 0 Å². The molecule has 0 saturated heterocycles. The van der Waals surface area contributed by atoms with Crippen LogP contribution < -0.4 is 5.32 Å². The Kier molecular flexibility index (Phi) is 4.83. The Morgan fingerprint density at radius 3 is 2.84 bits per heavy atom.